The highest BCUT2D eigenvalue weighted by Gasteiger charge is 2.34. The Kier molecular flexibility index (Phi) is 3.31. The maximum absolute atomic E-state index is 11.3. The molecule has 0 aromatic heterocycles. The Morgan fingerprint density at radius 3 is 3.05 bits per heavy atom. The van der Waals surface area contributed by atoms with Gasteiger partial charge in [-0.25, -0.2) is 4.79 Å². The van der Waals surface area contributed by atoms with Gasteiger partial charge in [-0.2, -0.15) is 11.8 Å². The molecule has 1 aromatic rings. The number of aromatic carboxylic acids is 1. The summed E-state index contributed by atoms with van der Waals surface area (Å²) in [6, 6.07) is 5.86. The van der Waals surface area contributed by atoms with Crippen molar-refractivity contribution in [3.8, 4) is 5.75 Å². The van der Waals surface area contributed by atoms with Crippen LogP contribution in [0.15, 0.2) is 18.2 Å². The molecule has 0 aliphatic carbocycles. The number of ether oxygens (including phenoxy) is 1. The lowest BCUT2D eigenvalue weighted by Crippen LogP contribution is -2.44. The summed E-state index contributed by atoms with van der Waals surface area (Å²) in [5.41, 5.74) is 1.20. The van der Waals surface area contributed by atoms with Crippen LogP contribution >= 0.6 is 11.8 Å². The topological polar surface area (TPSA) is 49.8 Å². The van der Waals surface area contributed by atoms with E-state index in [1.807, 2.05) is 17.8 Å². The highest BCUT2D eigenvalue weighted by atomic mass is 32.2. The average molecular weight is 279 g/mol. The second-order valence-corrected chi connectivity index (χ2v) is 6.42. The van der Waals surface area contributed by atoms with Gasteiger partial charge in [0.05, 0.1) is 12.2 Å². The third-order valence-corrected chi connectivity index (χ3v) is 5.16. The third-order valence-electron chi connectivity index (χ3n) is 3.85. The van der Waals surface area contributed by atoms with Crippen molar-refractivity contribution in [1.29, 1.82) is 0 Å². The van der Waals surface area contributed by atoms with Crippen LogP contribution in [0, 0.1) is 0 Å². The Hall–Kier alpha value is -1.36. The summed E-state index contributed by atoms with van der Waals surface area (Å²) in [5.74, 6) is 0.787. The van der Waals surface area contributed by atoms with Gasteiger partial charge in [0.2, 0.25) is 0 Å². The quantitative estimate of drug-likeness (QED) is 0.901. The van der Waals surface area contributed by atoms with E-state index in [0.29, 0.717) is 23.6 Å². The molecule has 2 unspecified atom stereocenters. The first-order valence-corrected chi connectivity index (χ1v) is 7.60. The monoisotopic (exact) mass is 279 g/mol. The zero-order valence-electron chi connectivity index (χ0n) is 10.8. The molecule has 2 atom stereocenters. The Labute approximate surface area is 116 Å². The summed E-state index contributed by atoms with van der Waals surface area (Å²) >= 11 is 1.99. The molecule has 0 saturated carbocycles. The Morgan fingerprint density at radius 1 is 1.53 bits per heavy atom. The number of benzene rings is 1. The molecule has 0 radical (unpaired) electrons. The first-order valence-electron chi connectivity index (χ1n) is 6.56. The normalized spacial score (nSPS) is 25.8. The number of carboxylic acids is 1. The van der Waals surface area contributed by atoms with Crippen molar-refractivity contribution in [2.24, 2.45) is 0 Å². The van der Waals surface area contributed by atoms with E-state index in [-0.39, 0.29) is 5.56 Å². The van der Waals surface area contributed by atoms with E-state index in [1.165, 1.54) is 5.75 Å². The molecule has 1 N–H and O–H groups in total. The Bertz CT molecular complexity index is 505. The van der Waals surface area contributed by atoms with Crippen molar-refractivity contribution in [1.82, 2.24) is 0 Å². The van der Waals surface area contributed by atoms with Crippen LogP contribution in [0.4, 0.5) is 5.69 Å². The van der Waals surface area contributed by atoms with Crippen LogP contribution in [-0.2, 0) is 0 Å². The molecule has 19 heavy (non-hydrogen) atoms. The smallest absolute Gasteiger partial charge is 0.339 e. The number of hydrogen-bond acceptors (Lipinski definition) is 4. The molecule has 4 nitrogen and oxygen atoms in total. The maximum atomic E-state index is 11.3. The van der Waals surface area contributed by atoms with Crippen molar-refractivity contribution in [2.45, 2.75) is 24.6 Å². The van der Waals surface area contributed by atoms with Crippen LogP contribution in [-0.4, -0.2) is 41.3 Å². The molecule has 102 valence electrons. The molecule has 2 aliphatic heterocycles. The van der Waals surface area contributed by atoms with E-state index < -0.39 is 5.97 Å². The number of thioether (sulfide) groups is 1. The molecule has 2 heterocycles. The third kappa shape index (κ3) is 2.16. The fourth-order valence-electron chi connectivity index (χ4n) is 2.91. The zero-order chi connectivity index (χ0) is 13.4. The van der Waals surface area contributed by atoms with Gasteiger partial charge in [-0.3, -0.25) is 0 Å². The van der Waals surface area contributed by atoms with Gasteiger partial charge in [-0.15, -0.1) is 0 Å². The summed E-state index contributed by atoms with van der Waals surface area (Å²) < 4.78 is 5.61. The maximum Gasteiger partial charge on any atom is 0.339 e. The molecule has 1 saturated heterocycles. The molecule has 1 fully saturated rings. The molecular formula is C14H17NO3S. The van der Waals surface area contributed by atoms with Crippen LogP contribution in [0.3, 0.4) is 0 Å². The van der Waals surface area contributed by atoms with Crippen LogP contribution < -0.4 is 9.64 Å². The summed E-state index contributed by atoms with van der Waals surface area (Å²) in [4.78, 5) is 13.6. The number of fused-ring (bicyclic) bond motifs is 1. The minimum Gasteiger partial charge on any atom is -0.489 e. The van der Waals surface area contributed by atoms with Crippen molar-refractivity contribution >= 4 is 23.4 Å². The largest absolute Gasteiger partial charge is 0.489 e. The number of nitrogens with zero attached hydrogens (tertiary/aromatic N) is 1. The van der Waals surface area contributed by atoms with Gasteiger partial charge in [-0.1, -0.05) is 13.0 Å². The van der Waals surface area contributed by atoms with Crippen molar-refractivity contribution in [2.75, 3.05) is 23.8 Å². The van der Waals surface area contributed by atoms with E-state index in [4.69, 9.17) is 4.74 Å². The van der Waals surface area contributed by atoms with E-state index in [1.54, 1.807) is 12.1 Å². The van der Waals surface area contributed by atoms with Gasteiger partial charge in [0.25, 0.3) is 0 Å². The molecule has 0 spiro atoms. The summed E-state index contributed by atoms with van der Waals surface area (Å²) in [7, 11) is 0. The lowest BCUT2D eigenvalue weighted by atomic mass is 10.1. The fourth-order valence-corrected chi connectivity index (χ4v) is 4.17. The van der Waals surface area contributed by atoms with Gasteiger partial charge >= 0.3 is 5.97 Å². The first kappa shape index (κ1) is 12.7. The number of carboxylic acid groups (broad SMARTS) is 1. The van der Waals surface area contributed by atoms with Crippen molar-refractivity contribution < 1.29 is 14.6 Å². The number of rotatable bonds is 2. The van der Waals surface area contributed by atoms with Crippen molar-refractivity contribution in [3.63, 3.8) is 0 Å². The predicted molar refractivity (Wildman–Crippen MR) is 76.6 cm³/mol. The zero-order valence-corrected chi connectivity index (χ0v) is 11.7. The Morgan fingerprint density at radius 2 is 2.37 bits per heavy atom. The summed E-state index contributed by atoms with van der Waals surface area (Å²) in [5, 5.41) is 9.82. The standard InChI is InChI=1S/C14H17NO3S/c1-9-11(5-8-19-9)15-6-7-18-13-10(14(16)17)3-2-4-12(13)15/h2-4,9,11H,5-8H2,1H3,(H,16,17). The van der Waals surface area contributed by atoms with Gasteiger partial charge < -0.3 is 14.7 Å². The lowest BCUT2D eigenvalue weighted by molar-refractivity contribution is 0.0692. The van der Waals surface area contributed by atoms with E-state index in [0.717, 1.165) is 18.7 Å². The van der Waals surface area contributed by atoms with Gasteiger partial charge in [0, 0.05) is 11.3 Å². The number of carbonyl (C=O) groups is 1. The second kappa shape index (κ2) is 4.96. The van der Waals surface area contributed by atoms with Crippen LogP contribution in [0.1, 0.15) is 23.7 Å². The molecule has 2 aliphatic rings. The molecular weight excluding hydrogens is 262 g/mol. The molecule has 5 heteroatoms. The number of hydrogen-bond donors (Lipinski definition) is 1. The average Bonchev–Trinajstić information content (AvgIpc) is 2.83. The van der Waals surface area contributed by atoms with Crippen LogP contribution in [0.5, 0.6) is 5.75 Å². The SMILES string of the molecule is CC1SCCC1N1CCOc2c(C(=O)O)cccc21. The molecule has 3 rings (SSSR count). The molecule has 0 amide bonds. The second-order valence-electron chi connectivity index (χ2n) is 4.93. The highest BCUT2D eigenvalue weighted by molar-refractivity contribution is 8.00. The van der Waals surface area contributed by atoms with Gasteiger partial charge in [0.1, 0.15) is 12.2 Å². The summed E-state index contributed by atoms with van der Waals surface area (Å²) in [6.45, 7) is 3.65. The molecule has 0 bridgehead atoms. The van der Waals surface area contributed by atoms with E-state index in [9.17, 15) is 9.90 Å². The fraction of sp³-hybridized carbons (Fsp3) is 0.500. The van der Waals surface area contributed by atoms with Crippen molar-refractivity contribution in [3.05, 3.63) is 23.8 Å². The minimum atomic E-state index is -0.924. The van der Waals surface area contributed by atoms with Gasteiger partial charge in [0.15, 0.2) is 5.75 Å². The predicted octanol–water partition coefficient (Wildman–Crippen LogP) is 2.48. The van der Waals surface area contributed by atoms with Crippen LogP contribution in [0.2, 0.25) is 0 Å². The number of para-hydroxylation sites is 1. The van der Waals surface area contributed by atoms with E-state index >= 15 is 0 Å². The van der Waals surface area contributed by atoms with Gasteiger partial charge in [-0.05, 0) is 24.3 Å². The minimum absolute atomic E-state index is 0.264. The summed E-state index contributed by atoms with van der Waals surface area (Å²) in [6.07, 6.45) is 1.16. The van der Waals surface area contributed by atoms with E-state index in [2.05, 4.69) is 11.8 Å². The number of anilines is 1. The Balaban J connectivity index is 2.00. The lowest BCUT2D eigenvalue weighted by Gasteiger charge is -2.37. The molecule has 1 aromatic carbocycles. The highest BCUT2D eigenvalue weighted by Crippen LogP contribution is 2.40. The van der Waals surface area contributed by atoms with Crippen LogP contribution in [0.25, 0.3) is 0 Å². The first-order chi connectivity index (χ1) is 9.18.